The molecule has 2 N–H and O–H groups in total. The first-order valence-corrected chi connectivity index (χ1v) is 5.26. The molecule has 1 aromatic heterocycles. The van der Waals surface area contributed by atoms with E-state index < -0.39 is 12.0 Å². The molecule has 0 aromatic carbocycles. The Labute approximate surface area is 98.6 Å². The van der Waals surface area contributed by atoms with Crippen LogP contribution in [0.15, 0.2) is 16.7 Å². The van der Waals surface area contributed by atoms with Gasteiger partial charge >= 0.3 is 11.9 Å². The van der Waals surface area contributed by atoms with E-state index in [4.69, 9.17) is 14.3 Å². The van der Waals surface area contributed by atoms with Crippen molar-refractivity contribution in [1.82, 2.24) is 5.32 Å². The van der Waals surface area contributed by atoms with Crippen molar-refractivity contribution in [2.45, 2.75) is 26.4 Å². The number of carbonyl (C=O) groups is 2. The molecule has 0 aliphatic carbocycles. The van der Waals surface area contributed by atoms with Crippen LogP contribution >= 0.6 is 0 Å². The van der Waals surface area contributed by atoms with E-state index in [2.05, 4.69) is 5.32 Å². The summed E-state index contributed by atoms with van der Waals surface area (Å²) in [6, 6.07) is 1.06. The molecule has 6 nitrogen and oxygen atoms in total. The van der Waals surface area contributed by atoms with Crippen molar-refractivity contribution >= 4 is 11.9 Å². The third-order valence-electron chi connectivity index (χ3n) is 2.18. The minimum atomic E-state index is -1.13. The molecule has 1 aromatic rings. The van der Waals surface area contributed by atoms with E-state index >= 15 is 0 Å². The molecule has 1 atom stereocenters. The van der Waals surface area contributed by atoms with Crippen LogP contribution in [-0.4, -0.2) is 29.7 Å². The first kappa shape index (κ1) is 13.2. The van der Waals surface area contributed by atoms with E-state index in [0.29, 0.717) is 12.2 Å². The number of esters is 1. The number of ether oxygens (including phenoxy) is 1. The lowest BCUT2D eigenvalue weighted by Crippen LogP contribution is -2.35. The van der Waals surface area contributed by atoms with Crippen molar-refractivity contribution in [1.29, 1.82) is 0 Å². The zero-order valence-corrected chi connectivity index (χ0v) is 9.73. The highest BCUT2D eigenvalue weighted by Gasteiger charge is 2.17. The summed E-state index contributed by atoms with van der Waals surface area (Å²) in [5, 5.41) is 11.7. The van der Waals surface area contributed by atoms with Crippen LogP contribution in [0.25, 0.3) is 0 Å². The van der Waals surface area contributed by atoms with E-state index in [-0.39, 0.29) is 18.3 Å². The SMILES string of the molecule is CCOC(=O)C(C)NCc1ccoc1C(=O)O. The summed E-state index contributed by atoms with van der Waals surface area (Å²) in [5.41, 5.74) is 0.494. The molecule has 1 rings (SSSR count). The molecular formula is C11H15NO5. The molecule has 94 valence electrons. The van der Waals surface area contributed by atoms with E-state index in [1.807, 2.05) is 0 Å². The summed E-state index contributed by atoms with van der Waals surface area (Å²) >= 11 is 0. The molecule has 0 aliphatic rings. The Morgan fingerprint density at radius 2 is 2.29 bits per heavy atom. The predicted octanol–water partition coefficient (Wildman–Crippen LogP) is 1.02. The van der Waals surface area contributed by atoms with Crippen molar-refractivity contribution in [3.63, 3.8) is 0 Å². The van der Waals surface area contributed by atoms with Gasteiger partial charge in [0.1, 0.15) is 6.04 Å². The Morgan fingerprint density at radius 1 is 1.59 bits per heavy atom. The van der Waals surface area contributed by atoms with Crippen LogP contribution in [0.4, 0.5) is 0 Å². The molecule has 0 aliphatic heterocycles. The number of carbonyl (C=O) groups excluding carboxylic acids is 1. The average molecular weight is 241 g/mol. The van der Waals surface area contributed by atoms with Crippen LogP contribution in [0.1, 0.15) is 30.0 Å². The van der Waals surface area contributed by atoms with Crippen molar-refractivity contribution in [3.05, 3.63) is 23.7 Å². The van der Waals surface area contributed by atoms with Crippen LogP contribution in [0.2, 0.25) is 0 Å². The van der Waals surface area contributed by atoms with Crippen molar-refractivity contribution in [2.75, 3.05) is 6.61 Å². The highest BCUT2D eigenvalue weighted by molar-refractivity contribution is 5.86. The minimum Gasteiger partial charge on any atom is -0.475 e. The van der Waals surface area contributed by atoms with Crippen LogP contribution in [0, 0.1) is 0 Å². The normalized spacial score (nSPS) is 12.1. The topological polar surface area (TPSA) is 88.8 Å². The highest BCUT2D eigenvalue weighted by atomic mass is 16.5. The first-order chi connectivity index (χ1) is 8.06. The minimum absolute atomic E-state index is 0.117. The van der Waals surface area contributed by atoms with Gasteiger partial charge in [0.25, 0.3) is 0 Å². The van der Waals surface area contributed by atoms with Gasteiger partial charge in [0, 0.05) is 12.1 Å². The number of hydrogen-bond donors (Lipinski definition) is 2. The predicted molar refractivity (Wildman–Crippen MR) is 58.6 cm³/mol. The Kier molecular flexibility index (Phi) is 4.71. The molecule has 6 heteroatoms. The smallest absolute Gasteiger partial charge is 0.372 e. The quantitative estimate of drug-likeness (QED) is 0.723. The van der Waals surface area contributed by atoms with Gasteiger partial charge in [-0.3, -0.25) is 4.79 Å². The number of carboxylic acid groups (broad SMARTS) is 1. The molecule has 0 spiro atoms. The molecule has 0 saturated carbocycles. The highest BCUT2D eigenvalue weighted by Crippen LogP contribution is 2.10. The number of carboxylic acids is 1. The van der Waals surface area contributed by atoms with Crippen molar-refractivity contribution < 1.29 is 23.8 Å². The van der Waals surface area contributed by atoms with E-state index in [1.54, 1.807) is 19.9 Å². The number of hydrogen-bond acceptors (Lipinski definition) is 5. The molecule has 0 amide bonds. The first-order valence-electron chi connectivity index (χ1n) is 5.26. The second kappa shape index (κ2) is 6.05. The van der Waals surface area contributed by atoms with Gasteiger partial charge < -0.3 is 19.6 Å². The zero-order chi connectivity index (χ0) is 12.8. The molecule has 0 saturated heterocycles. The van der Waals surface area contributed by atoms with Crippen LogP contribution in [-0.2, 0) is 16.1 Å². The monoisotopic (exact) mass is 241 g/mol. The fourth-order valence-electron chi connectivity index (χ4n) is 1.28. The third kappa shape index (κ3) is 3.60. The molecule has 1 unspecified atom stereocenters. The van der Waals surface area contributed by atoms with Crippen molar-refractivity contribution in [2.24, 2.45) is 0 Å². The van der Waals surface area contributed by atoms with Gasteiger partial charge in [-0.1, -0.05) is 0 Å². The van der Waals surface area contributed by atoms with Gasteiger partial charge in [0.05, 0.1) is 12.9 Å². The summed E-state index contributed by atoms with van der Waals surface area (Å²) in [6.45, 7) is 3.93. The summed E-state index contributed by atoms with van der Waals surface area (Å²) in [5.74, 6) is -1.61. The largest absolute Gasteiger partial charge is 0.475 e. The summed E-state index contributed by atoms with van der Waals surface area (Å²) in [7, 11) is 0. The Hall–Kier alpha value is -1.82. The number of nitrogens with one attached hydrogen (secondary N) is 1. The lowest BCUT2D eigenvalue weighted by Gasteiger charge is -2.11. The average Bonchev–Trinajstić information content (AvgIpc) is 2.74. The Morgan fingerprint density at radius 3 is 2.88 bits per heavy atom. The fourth-order valence-corrected chi connectivity index (χ4v) is 1.28. The van der Waals surface area contributed by atoms with E-state index in [9.17, 15) is 9.59 Å². The van der Waals surface area contributed by atoms with Crippen LogP contribution in [0.5, 0.6) is 0 Å². The van der Waals surface area contributed by atoms with Crippen LogP contribution in [0.3, 0.4) is 0 Å². The van der Waals surface area contributed by atoms with Gasteiger partial charge in [-0.25, -0.2) is 4.79 Å². The second-order valence-electron chi connectivity index (χ2n) is 3.43. The molecule has 1 heterocycles. The number of furan rings is 1. The Balaban J connectivity index is 2.52. The van der Waals surface area contributed by atoms with Gasteiger partial charge in [-0.15, -0.1) is 0 Å². The lowest BCUT2D eigenvalue weighted by molar-refractivity contribution is -0.145. The maximum Gasteiger partial charge on any atom is 0.372 e. The second-order valence-corrected chi connectivity index (χ2v) is 3.43. The van der Waals surface area contributed by atoms with Gasteiger partial charge in [0.15, 0.2) is 0 Å². The van der Waals surface area contributed by atoms with E-state index in [1.165, 1.54) is 6.26 Å². The maximum atomic E-state index is 11.3. The van der Waals surface area contributed by atoms with Crippen LogP contribution < -0.4 is 5.32 Å². The summed E-state index contributed by atoms with van der Waals surface area (Å²) < 4.78 is 9.62. The lowest BCUT2D eigenvalue weighted by atomic mass is 10.2. The zero-order valence-electron chi connectivity index (χ0n) is 9.73. The molecule has 0 bridgehead atoms. The van der Waals surface area contributed by atoms with Gasteiger partial charge in [-0.2, -0.15) is 0 Å². The molecular weight excluding hydrogens is 226 g/mol. The number of aromatic carboxylic acids is 1. The number of rotatable bonds is 6. The Bertz CT molecular complexity index is 398. The van der Waals surface area contributed by atoms with E-state index in [0.717, 1.165) is 0 Å². The molecule has 0 fully saturated rings. The maximum absolute atomic E-state index is 11.3. The van der Waals surface area contributed by atoms with Crippen molar-refractivity contribution in [3.8, 4) is 0 Å². The standard InChI is InChI=1S/C11H15NO5/c1-3-16-11(15)7(2)12-6-8-4-5-17-9(8)10(13)14/h4-5,7,12H,3,6H2,1-2H3,(H,13,14). The van der Waals surface area contributed by atoms with Gasteiger partial charge in [-0.05, 0) is 19.9 Å². The molecule has 0 radical (unpaired) electrons. The van der Waals surface area contributed by atoms with Gasteiger partial charge in [0.2, 0.25) is 5.76 Å². The molecule has 17 heavy (non-hydrogen) atoms. The summed E-state index contributed by atoms with van der Waals surface area (Å²) in [4.78, 5) is 22.0. The third-order valence-corrected chi connectivity index (χ3v) is 2.18. The summed E-state index contributed by atoms with van der Waals surface area (Å²) in [6.07, 6.45) is 1.30. The fraction of sp³-hybridized carbons (Fsp3) is 0.455.